The highest BCUT2D eigenvalue weighted by molar-refractivity contribution is 5.73. The number of aliphatic carboxylic acids is 1. The van der Waals surface area contributed by atoms with Crippen LogP contribution in [0.5, 0.6) is 0 Å². The van der Waals surface area contributed by atoms with Gasteiger partial charge in [-0.1, -0.05) is 30.3 Å². The van der Waals surface area contributed by atoms with Crippen molar-refractivity contribution in [2.45, 2.75) is 75.2 Å². The molecule has 2 heterocycles. The first-order chi connectivity index (χ1) is 12.4. The Hall–Kier alpha value is -1.51. The Balaban J connectivity index is 1.59. The van der Waals surface area contributed by atoms with Crippen LogP contribution in [0, 0.1) is 0 Å². The van der Waals surface area contributed by atoms with E-state index in [0.29, 0.717) is 0 Å². The first-order valence-corrected chi connectivity index (χ1v) is 9.05. The number of ether oxygens (including phenoxy) is 4. The van der Waals surface area contributed by atoms with Crippen molar-refractivity contribution >= 4 is 5.97 Å². The van der Waals surface area contributed by atoms with Gasteiger partial charge < -0.3 is 29.2 Å². The van der Waals surface area contributed by atoms with Gasteiger partial charge in [0.2, 0.25) is 0 Å². The van der Waals surface area contributed by atoms with Gasteiger partial charge in [-0.25, -0.2) is 4.79 Å². The summed E-state index contributed by atoms with van der Waals surface area (Å²) in [5.41, 5.74) is 0.925. The molecule has 7 nitrogen and oxygen atoms in total. The summed E-state index contributed by atoms with van der Waals surface area (Å²) >= 11 is 0. The smallest absolute Gasteiger partial charge is 0.335 e. The molecule has 3 aliphatic rings. The highest BCUT2D eigenvalue weighted by atomic mass is 16.9. The summed E-state index contributed by atoms with van der Waals surface area (Å²) < 4.78 is 23.9. The van der Waals surface area contributed by atoms with E-state index >= 15 is 0 Å². The summed E-state index contributed by atoms with van der Waals surface area (Å²) in [6.45, 7) is 1.91. The molecule has 0 bridgehead atoms. The number of hydrogen-bond donors (Lipinski definition) is 2. The predicted octanol–water partition coefficient (Wildman–Crippen LogP) is 1.82. The molecule has 1 saturated carbocycles. The third-order valence-corrected chi connectivity index (χ3v) is 5.45. The summed E-state index contributed by atoms with van der Waals surface area (Å²) in [4.78, 5) is 11.6. The fourth-order valence-electron chi connectivity index (χ4n) is 4.20. The van der Waals surface area contributed by atoms with E-state index in [1.807, 2.05) is 30.3 Å². The fourth-order valence-corrected chi connectivity index (χ4v) is 4.20. The number of carboxylic acids is 1. The SMILES string of the molecule is C[C@]12O[C@H](C(=O)O)[C@@H](O)[C@H](OCc3ccccc3)[C@H]1OC1(CCCC1)O2. The molecule has 0 aromatic heterocycles. The molecule has 1 aromatic rings. The van der Waals surface area contributed by atoms with Gasteiger partial charge in [-0.05, 0) is 25.3 Å². The standard InChI is InChI=1S/C19H24O7/c1-18-16(25-19(26-18)9-5-6-10-19)14(13(20)15(24-18)17(21)22)23-11-12-7-3-2-4-8-12/h2-4,7-8,13-16,20H,5-6,9-11H2,1H3,(H,21,22)/t13-,14-,15-,16+,18+/m0/s1. The first kappa shape index (κ1) is 17.9. The number of carbonyl (C=O) groups is 1. The van der Waals surface area contributed by atoms with Gasteiger partial charge in [-0.15, -0.1) is 0 Å². The number of aliphatic hydroxyl groups is 1. The molecular weight excluding hydrogens is 340 g/mol. The topological polar surface area (TPSA) is 94.5 Å². The van der Waals surface area contributed by atoms with Crippen LogP contribution in [0.1, 0.15) is 38.2 Å². The van der Waals surface area contributed by atoms with Gasteiger partial charge in [0.15, 0.2) is 17.7 Å². The van der Waals surface area contributed by atoms with Crippen molar-refractivity contribution in [3.8, 4) is 0 Å². The van der Waals surface area contributed by atoms with Crippen LogP contribution >= 0.6 is 0 Å². The third kappa shape index (κ3) is 3.04. The number of benzene rings is 1. The Kier molecular flexibility index (Phi) is 4.53. The molecule has 142 valence electrons. The molecule has 4 rings (SSSR count). The van der Waals surface area contributed by atoms with E-state index < -0.39 is 42.0 Å². The van der Waals surface area contributed by atoms with Crippen LogP contribution in [-0.2, 0) is 30.3 Å². The molecule has 5 atom stereocenters. The van der Waals surface area contributed by atoms with Crippen LogP contribution in [0.3, 0.4) is 0 Å². The molecule has 1 spiro atoms. The van der Waals surface area contributed by atoms with Crippen molar-refractivity contribution in [3.63, 3.8) is 0 Å². The number of hydrogen-bond acceptors (Lipinski definition) is 6. The summed E-state index contributed by atoms with van der Waals surface area (Å²) in [6, 6.07) is 9.51. The monoisotopic (exact) mass is 364 g/mol. The molecule has 2 aliphatic heterocycles. The Morgan fingerprint density at radius 1 is 1.23 bits per heavy atom. The highest BCUT2D eigenvalue weighted by Gasteiger charge is 2.65. The van der Waals surface area contributed by atoms with Gasteiger partial charge >= 0.3 is 5.97 Å². The Bertz CT molecular complexity index is 657. The second-order valence-corrected chi connectivity index (χ2v) is 7.40. The summed E-state index contributed by atoms with van der Waals surface area (Å²) in [5, 5.41) is 20.1. The molecule has 2 saturated heterocycles. The van der Waals surface area contributed by atoms with E-state index in [0.717, 1.165) is 31.2 Å². The van der Waals surface area contributed by atoms with Crippen LogP contribution in [-0.4, -0.2) is 52.2 Å². The van der Waals surface area contributed by atoms with Crippen LogP contribution in [0.2, 0.25) is 0 Å². The zero-order valence-corrected chi connectivity index (χ0v) is 14.7. The van der Waals surface area contributed by atoms with Gasteiger partial charge in [-0.2, -0.15) is 0 Å². The van der Waals surface area contributed by atoms with E-state index in [-0.39, 0.29) is 6.61 Å². The lowest BCUT2D eigenvalue weighted by Crippen LogP contribution is -2.64. The Morgan fingerprint density at radius 2 is 1.92 bits per heavy atom. The van der Waals surface area contributed by atoms with Crippen LogP contribution in [0.25, 0.3) is 0 Å². The number of carboxylic acid groups (broad SMARTS) is 1. The molecule has 0 radical (unpaired) electrons. The summed E-state index contributed by atoms with van der Waals surface area (Å²) in [7, 11) is 0. The maximum absolute atomic E-state index is 11.6. The normalized spacial score (nSPS) is 38.4. The minimum Gasteiger partial charge on any atom is -0.479 e. The second kappa shape index (κ2) is 6.58. The first-order valence-electron chi connectivity index (χ1n) is 9.05. The van der Waals surface area contributed by atoms with Crippen molar-refractivity contribution in [1.29, 1.82) is 0 Å². The van der Waals surface area contributed by atoms with Crippen LogP contribution in [0.15, 0.2) is 30.3 Å². The molecule has 1 aromatic carbocycles. The van der Waals surface area contributed by atoms with E-state index in [4.69, 9.17) is 18.9 Å². The highest BCUT2D eigenvalue weighted by Crippen LogP contribution is 2.50. The van der Waals surface area contributed by atoms with Gasteiger partial charge in [0.05, 0.1) is 6.61 Å². The van der Waals surface area contributed by atoms with E-state index in [1.165, 1.54) is 0 Å². The average Bonchev–Trinajstić information content (AvgIpc) is 3.18. The van der Waals surface area contributed by atoms with Crippen LogP contribution < -0.4 is 0 Å². The maximum Gasteiger partial charge on any atom is 0.335 e. The minimum atomic E-state index is -1.43. The van der Waals surface area contributed by atoms with E-state index in [1.54, 1.807) is 6.92 Å². The van der Waals surface area contributed by atoms with Gasteiger partial charge in [0.25, 0.3) is 0 Å². The lowest BCUT2D eigenvalue weighted by molar-refractivity contribution is -0.314. The molecule has 2 N–H and O–H groups in total. The van der Waals surface area contributed by atoms with E-state index in [9.17, 15) is 15.0 Å². The van der Waals surface area contributed by atoms with Crippen molar-refractivity contribution in [1.82, 2.24) is 0 Å². The second-order valence-electron chi connectivity index (χ2n) is 7.40. The molecule has 0 unspecified atom stereocenters. The molecule has 1 aliphatic carbocycles. The van der Waals surface area contributed by atoms with Crippen molar-refractivity contribution < 1.29 is 34.0 Å². The lowest BCUT2D eigenvalue weighted by Gasteiger charge is -2.43. The quantitative estimate of drug-likeness (QED) is 0.841. The van der Waals surface area contributed by atoms with Crippen molar-refractivity contribution in [2.24, 2.45) is 0 Å². The van der Waals surface area contributed by atoms with Gasteiger partial charge in [-0.3, -0.25) is 0 Å². The summed E-state index contributed by atoms with van der Waals surface area (Å²) in [6.07, 6.45) is -0.952. The zero-order chi connectivity index (χ0) is 18.4. The number of fused-ring (bicyclic) bond motifs is 1. The van der Waals surface area contributed by atoms with Gasteiger partial charge in [0, 0.05) is 12.8 Å². The molecule has 26 heavy (non-hydrogen) atoms. The van der Waals surface area contributed by atoms with Gasteiger partial charge in [0.1, 0.15) is 18.3 Å². The zero-order valence-electron chi connectivity index (χ0n) is 14.7. The predicted molar refractivity (Wildman–Crippen MR) is 89.1 cm³/mol. The minimum absolute atomic E-state index is 0.234. The molecular formula is C19H24O7. The van der Waals surface area contributed by atoms with Crippen LogP contribution in [0.4, 0.5) is 0 Å². The average molecular weight is 364 g/mol. The lowest BCUT2D eigenvalue weighted by atomic mass is 9.93. The van der Waals surface area contributed by atoms with Crippen molar-refractivity contribution in [2.75, 3.05) is 0 Å². The number of rotatable bonds is 4. The van der Waals surface area contributed by atoms with Crippen molar-refractivity contribution in [3.05, 3.63) is 35.9 Å². The molecule has 0 amide bonds. The Morgan fingerprint density at radius 3 is 2.58 bits per heavy atom. The third-order valence-electron chi connectivity index (χ3n) is 5.45. The fraction of sp³-hybridized carbons (Fsp3) is 0.632. The van der Waals surface area contributed by atoms with E-state index in [2.05, 4.69) is 0 Å². The summed E-state index contributed by atoms with van der Waals surface area (Å²) in [5.74, 6) is -3.30. The number of aliphatic hydroxyl groups excluding tert-OH is 1. The molecule has 7 heteroatoms. The Labute approximate surface area is 151 Å². The maximum atomic E-state index is 11.6. The molecule has 3 fully saturated rings. The largest absolute Gasteiger partial charge is 0.479 e.